The summed E-state index contributed by atoms with van der Waals surface area (Å²) < 4.78 is 5.04. The van der Waals surface area contributed by atoms with Crippen molar-refractivity contribution in [2.75, 3.05) is 0 Å². The number of hydrogen-bond acceptors (Lipinski definition) is 3. The molecule has 0 unspecified atom stereocenters. The normalized spacial score (nSPS) is 10.5. The molecular weight excluding hydrogens is 250 g/mol. The van der Waals surface area contributed by atoms with Gasteiger partial charge in [-0.25, -0.2) is 9.79 Å². The average molecular weight is 260 g/mol. The molecule has 0 aromatic heterocycles. The number of benzene rings is 2. The molecule has 0 bridgehead atoms. The molecule has 0 amide bonds. The highest BCUT2D eigenvalue weighted by Gasteiger charge is 2.01. The van der Waals surface area contributed by atoms with Crippen molar-refractivity contribution in [3.63, 3.8) is 0 Å². The quantitative estimate of drug-likeness (QED) is 0.479. The zero-order valence-corrected chi connectivity index (χ0v) is 10.2. The maximum atomic E-state index is 11.5. The van der Waals surface area contributed by atoms with Crippen LogP contribution in [-0.4, -0.2) is 12.2 Å². The van der Waals surface area contributed by atoms with Crippen LogP contribution in [0.2, 0.25) is 5.02 Å². The number of carbonyl (C=O) groups excluding carboxylic acids is 1. The summed E-state index contributed by atoms with van der Waals surface area (Å²) in [7, 11) is 0. The first-order chi connectivity index (χ1) is 8.75. The Bertz CT molecular complexity index is 567. The summed E-state index contributed by atoms with van der Waals surface area (Å²) in [5.74, 6) is -0.0609. The topological polar surface area (TPSA) is 38.7 Å². The van der Waals surface area contributed by atoms with E-state index >= 15 is 0 Å². The second-order valence-corrected chi connectivity index (χ2v) is 3.85. The SMILES string of the molecule is O=C(C=Nc1ccccc1Cl)Oc1ccccc1. The lowest BCUT2D eigenvalue weighted by atomic mass is 10.3. The number of nitrogens with zero attached hydrogens (tertiary/aromatic N) is 1. The lowest BCUT2D eigenvalue weighted by Gasteiger charge is -1.99. The first kappa shape index (κ1) is 12.3. The van der Waals surface area contributed by atoms with E-state index in [1.807, 2.05) is 6.07 Å². The van der Waals surface area contributed by atoms with E-state index in [-0.39, 0.29) is 0 Å². The number of para-hydroxylation sites is 2. The summed E-state index contributed by atoms with van der Waals surface area (Å²) >= 11 is 5.90. The third kappa shape index (κ3) is 3.43. The van der Waals surface area contributed by atoms with Gasteiger partial charge in [0, 0.05) is 0 Å². The van der Waals surface area contributed by atoms with Crippen LogP contribution in [0, 0.1) is 0 Å². The second-order valence-electron chi connectivity index (χ2n) is 3.44. The van der Waals surface area contributed by atoms with Crippen molar-refractivity contribution in [3.8, 4) is 5.75 Å². The molecule has 0 fully saturated rings. The van der Waals surface area contributed by atoms with Gasteiger partial charge in [-0.3, -0.25) is 0 Å². The van der Waals surface area contributed by atoms with Crippen molar-refractivity contribution in [3.05, 3.63) is 59.6 Å². The van der Waals surface area contributed by atoms with Gasteiger partial charge in [-0.1, -0.05) is 41.9 Å². The van der Waals surface area contributed by atoms with E-state index < -0.39 is 5.97 Å². The van der Waals surface area contributed by atoms with Crippen LogP contribution in [0.25, 0.3) is 0 Å². The first-order valence-corrected chi connectivity index (χ1v) is 5.69. The van der Waals surface area contributed by atoms with Crippen molar-refractivity contribution < 1.29 is 9.53 Å². The maximum Gasteiger partial charge on any atom is 0.354 e. The van der Waals surface area contributed by atoms with E-state index in [1.54, 1.807) is 48.5 Å². The zero-order valence-electron chi connectivity index (χ0n) is 9.42. The molecule has 2 aromatic carbocycles. The molecule has 90 valence electrons. The smallest absolute Gasteiger partial charge is 0.354 e. The van der Waals surface area contributed by atoms with Gasteiger partial charge in [-0.05, 0) is 24.3 Å². The highest BCUT2D eigenvalue weighted by molar-refractivity contribution is 6.33. The van der Waals surface area contributed by atoms with Crippen molar-refractivity contribution >= 4 is 29.5 Å². The Balaban J connectivity index is 2.02. The summed E-state index contributed by atoms with van der Waals surface area (Å²) in [6, 6.07) is 15.8. The molecule has 3 nitrogen and oxygen atoms in total. The fourth-order valence-electron chi connectivity index (χ4n) is 1.31. The van der Waals surface area contributed by atoms with E-state index in [2.05, 4.69) is 4.99 Å². The van der Waals surface area contributed by atoms with Gasteiger partial charge in [0.25, 0.3) is 0 Å². The maximum absolute atomic E-state index is 11.5. The standard InChI is InChI=1S/C14H10ClNO2/c15-12-8-4-5-9-13(12)16-10-14(17)18-11-6-2-1-3-7-11/h1-10H. The predicted molar refractivity (Wildman–Crippen MR) is 71.7 cm³/mol. The van der Waals surface area contributed by atoms with Crippen LogP contribution in [-0.2, 0) is 4.79 Å². The highest BCUT2D eigenvalue weighted by atomic mass is 35.5. The molecule has 2 rings (SSSR count). The Morgan fingerprint density at radius 2 is 1.72 bits per heavy atom. The minimum absolute atomic E-state index is 0.480. The molecule has 0 radical (unpaired) electrons. The number of aliphatic imine (C=N–C) groups is 1. The van der Waals surface area contributed by atoms with Crippen LogP contribution < -0.4 is 4.74 Å². The largest absolute Gasteiger partial charge is 0.422 e. The number of esters is 1. The Kier molecular flexibility index (Phi) is 4.10. The van der Waals surface area contributed by atoms with Crippen molar-refractivity contribution in [1.29, 1.82) is 0 Å². The van der Waals surface area contributed by atoms with Crippen molar-refractivity contribution in [2.45, 2.75) is 0 Å². The predicted octanol–water partition coefficient (Wildman–Crippen LogP) is 3.65. The fraction of sp³-hybridized carbons (Fsp3) is 0. The van der Waals surface area contributed by atoms with E-state index in [0.717, 1.165) is 6.21 Å². The number of hydrogen-bond donors (Lipinski definition) is 0. The van der Waals surface area contributed by atoms with E-state index in [9.17, 15) is 4.79 Å². The Hall–Kier alpha value is -2.13. The molecule has 0 aliphatic heterocycles. The van der Waals surface area contributed by atoms with Gasteiger partial charge in [0.2, 0.25) is 0 Å². The summed E-state index contributed by atoms with van der Waals surface area (Å²) in [5.41, 5.74) is 0.532. The van der Waals surface area contributed by atoms with Gasteiger partial charge in [0.05, 0.1) is 10.7 Å². The lowest BCUT2D eigenvalue weighted by molar-refractivity contribution is -0.126. The van der Waals surface area contributed by atoms with E-state index in [4.69, 9.17) is 16.3 Å². The van der Waals surface area contributed by atoms with Gasteiger partial charge in [0.15, 0.2) is 0 Å². The summed E-state index contributed by atoms with van der Waals surface area (Å²) in [6.07, 6.45) is 1.11. The highest BCUT2D eigenvalue weighted by Crippen LogP contribution is 2.23. The molecule has 0 heterocycles. The Morgan fingerprint density at radius 3 is 2.44 bits per heavy atom. The van der Waals surface area contributed by atoms with Crippen molar-refractivity contribution in [2.24, 2.45) is 4.99 Å². The molecule has 18 heavy (non-hydrogen) atoms. The molecule has 0 spiro atoms. The molecule has 2 aromatic rings. The molecule has 0 aliphatic carbocycles. The number of rotatable bonds is 3. The van der Waals surface area contributed by atoms with Gasteiger partial charge in [0.1, 0.15) is 12.0 Å². The fourth-order valence-corrected chi connectivity index (χ4v) is 1.49. The van der Waals surface area contributed by atoms with Crippen LogP contribution >= 0.6 is 11.6 Å². The van der Waals surface area contributed by atoms with E-state index in [0.29, 0.717) is 16.5 Å². The third-order valence-electron chi connectivity index (χ3n) is 2.12. The van der Waals surface area contributed by atoms with Crippen LogP contribution in [0.5, 0.6) is 5.75 Å². The summed E-state index contributed by atoms with van der Waals surface area (Å²) in [5, 5.41) is 0.487. The molecule has 0 saturated heterocycles. The number of ether oxygens (including phenoxy) is 1. The molecule has 0 aliphatic rings. The van der Waals surface area contributed by atoms with Gasteiger partial charge < -0.3 is 4.74 Å². The molecule has 4 heteroatoms. The third-order valence-corrected chi connectivity index (χ3v) is 2.44. The van der Waals surface area contributed by atoms with Crippen LogP contribution in [0.3, 0.4) is 0 Å². The van der Waals surface area contributed by atoms with Gasteiger partial charge in [-0.15, -0.1) is 0 Å². The minimum atomic E-state index is -0.541. The molecular formula is C14H10ClNO2. The van der Waals surface area contributed by atoms with Crippen LogP contribution in [0.15, 0.2) is 59.6 Å². The van der Waals surface area contributed by atoms with E-state index in [1.165, 1.54) is 0 Å². The van der Waals surface area contributed by atoms with Gasteiger partial charge >= 0.3 is 5.97 Å². The summed E-state index contributed by atoms with van der Waals surface area (Å²) in [4.78, 5) is 15.5. The lowest BCUT2D eigenvalue weighted by Crippen LogP contribution is -2.08. The summed E-state index contributed by atoms with van der Waals surface area (Å²) in [6.45, 7) is 0. The molecule has 0 N–H and O–H groups in total. The van der Waals surface area contributed by atoms with Gasteiger partial charge in [-0.2, -0.15) is 0 Å². The first-order valence-electron chi connectivity index (χ1n) is 5.31. The van der Waals surface area contributed by atoms with Crippen LogP contribution in [0.4, 0.5) is 5.69 Å². The molecule has 0 saturated carbocycles. The number of halogens is 1. The Morgan fingerprint density at radius 1 is 1.06 bits per heavy atom. The second kappa shape index (κ2) is 5.98. The zero-order chi connectivity index (χ0) is 12.8. The number of carbonyl (C=O) groups is 1. The monoisotopic (exact) mass is 259 g/mol. The van der Waals surface area contributed by atoms with Crippen LogP contribution in [0.1, 0.15) is 0 Å². The molecule has 0 atom stereocenters. The van der Waals surface area contributed by atoms with Crippen molar-refractivity contribution in [1.82, 2.24) is 0 Å². The Labute approximate surface area is 110 Å². The average Bonchev–Trinajstić information content (AvgIpc) is 2.39. The minimum Gasteiger partial charge on any atom is -0.422 e.